The number of hydrogen-bond donors (Lipinski definition) is 13. The van der Waals surface area contributed by atoms with E-state index in [9.17, 15) is 55.5 Å². The van der Waals surface area contributed by atoms with E-state index in [1.54, 1.807) is 25.0 Å². The predicted octanol–water partition coefficient (Wildman–Crippen LogP) is 1.71. The lowest BCUT2D eigenvalue weighted by atomic mass is 9.30. The quantitative estimate of drug-likeness (QED) is 0.0686. The average molecular weight is 997 g/mol. The number of nitrogens with two attached hydrogens (primary N) is 1. The van der Waals surface area contributed by atoms with Crippen molar-refractivity contribution >= 4 is 11.9 Å². The number of ether oxygens (including phenoxy) is 2. The van der Waals surface area contributed by atoms with Crippen LogP contribution >= 0.6 is 0 Å². The summed E-state index contributed by atoms with van der Waals surface area (Å²) < 4.78 is 12.5. The molecule has 2 aromatic heterocycles. The third-order valence-corrected chi connectivity index (χ3v) is 21.3. The molecule has 0 radical (unpaired) electrons. The van der Waals surface area contributed by atoms with E-state index < -0.39 is 124 Å². The van der Waals surface area contributed by atoms with Gasteiger partial charge >= 0.3 is 5.97 Å². The topological polar surface area (TPSA) is 330 Å². The summed E-state index contributed by atoms with van der Waals surface area (Å²) in [5.41, 5.74) is 3.82. The highest BCUT2D eigenvalue weighted by molar-refractivity contribution is 5.82. The third-order valence-electron chi connectivity index (χ3n) is 21.3. The Bertz CT molecular complexity index is 2250. The van der Waals surface area contributed by atoms with Gasteiger partial charge in [-0.15, -0.1) is 0 Å². The minimum absolute atomic E-state index is 0.0617. The molecule has 2 saturated heterocycles. The molecule has 4 heterocycles. The third kappa shape index (κ3) is 8.09. The first-order valence-corrected chi connectivity index (χ1v) is 26.0. The molecule has 0 bridgehead atoms. The van der Waals surface area contributed by atoms with Crippen molar-refractivity contribution in [2.45, 2.75) is 160 Å². The number of fused-ring (bicyclic) bond motifs is 7. The maximum absolute atomic E-state index is 14.1. The van der Waals surface area contributed by atoms with Gasteiger partial charge in [0.1, 0.15) is 24.5 Å². The van der Waals surface area contributed by atoms with Crippen LogP contribution in [-0.4, -0.2) is 153 Å². The first kappa shape index (κ1) is 52.5. The number of aromatic nitrogens is 4. The molecule has 0 spiro atoms. The van der Waals surface area contributed by atoms with Gasteiger partial charge < -0.3 is 76.5 Å². The minimum Gasteiger partial charge on any atom is -0.481 e. The molecule has 2 aliphatic heterocycles. The number of rotatable bonds is 15. The lowest BCUT2D eigenvalue weighted by molar-refractivity contribution is -0.341. The van der Waals surface area contributed by atoms with Gasteiger partial charge in [-0.2, -0.15) is 0 Å². The van der Waals surface area contributed by atoms with Crippen LogP contribution in [0.1, 0.15) is 116 Å². The van der Waals surface area contributed by atoms with Crippen LogP contribution in [-0.2, 0) is 25.5 Å². The Hall–Kier alpha value is -3.34. The van der Waals surface area contributed by atoms with E-state index in [4.69, 9.17) is 15.2 Å². The van der Waals surface area contributed by atoms with E-state index in [1.807, 2.05) is 6.92 Å². The number of carboxylic acids is 1. The maximum atomic E-state index is 14.1. The molecule has 9 rings (SSSR count). The number of aliphatic hydroxyl groups is 8. The zero-order chi connectivity index (χ0) is 51.2. The van der Waals surface area contributed by atoms with Crippen LogP contribution in [0.5, 0.6) is 0 Å². The highest BCUT2D eigenvalue weighted by Gasteiger charge is 2.75. The zero-order valence-electron chi connectivity index (χ0n) is 41.9. The van der Waals surface area contributed by atoms with Crippen molar-refractivity contribution in [2.24, 2.45) is 79.6 Å². The van der Waals surface area contributed by atoms with E-state index in [-0.39, 0.29) is 55.6 Å². The van der Waals surface area contributed by atoms with Gasteiger partial charge in [0.25, 0.3) is 0 Å². The number of carbonyl (C=O) groups excluding carboxylic acids is 1. The fraction of sp³-hybridized carbons (Fsp3) is 0.808. The van der Waals surface area contributed by atoms with E-state index >= 15 is 0 Å². The van der Waals surface area contributed by atoms with Crippen LogP contribution in [0, 0.1) is 73.9 Å². The van der Waals surface area contributed by atoms with E-state index in [0.717, 1.165) is 11.3 Å². The molecule has 19 nitrogen and oxygen atoms in total. The molecule has 4 saturated carbocycles. The van der Waals surface area contributed by atoms with Gasteiger partial charge in [0.05, 0.1) is 56.0 Å². The second-order valence-electron chi connectivity index (χ2n) is 24.4. The molecule has 2 aromatic rings. The predicted molar refractivity (Wildman–Crippen MR) is 255 cm³/mol. The molecule has 19 heteroatoms. The van der Waals surface area contributed by atoms with Crippen molar-refractivity contribution in [1.29, 1.82) is 0 Å². The highest BCUT2D eigenvalue weighted by atomic mass is 16.7. The highest BCUT2D eigenvalue weighted by Crippen LogP contribution is 2.78. The van der Waals surface area contributed by atoms with Crippen molar-refractivity contribution in [3.63, 3.8) is 0 Å². The van der Waals surface area contributed by atoms with Gasteiger partial charge in [-0.25, -0.2) is 9.97 Å². The summed E-state index contributed by atoms with van der Waals surface area (Å²) >= 11 is 0. The Kier molecular flexibility index (Phi) is 14.1. The van der Waals surface area contributed by atoms with Gasteiger partial charge in [0.2, 0.25) is 5.91 Å². The fourth-order valence-electron chi connectivity index (χ4n) is 17.2. The molecule has 14 N–H and O–H groups in total. The van der Waals surface area contributed by atoms with E-state index in [2.05, 4.69) is 59.0 Å². The van der Waals surface area contributed by atoms with Crippen LogP contribution in [0.2, 0.25) is 0 Å². The Balaban J connectivity index is 1.21. The van der Waals surface area contributed by atoms with Gasteiger partial charge in [-0.1, -0.05) is 46.3 Å². The maximum Gasteiger partial charge on any atom is 0.310 e. The number of aliphatic carboxylic acids is 1. The van der Waals surface area contributed by atoms with E-state index in [1.165, 1.54) is 0 Å². The minimum atomic E-state index is -1.69. The number of aliphatic hydroxyl groups excluding tert-OH is 8. The van der Waals surface area contributed by atoms with Crippen molar-refractivity contribution in [3.8, 4) is 0 Å². The second-order valence-corrected chi connectivity index (χ2v) is 24.4. The van der Waals surface area contributed by atoms with Crippen molar-refractivity contribution < 1.29 is 65.0 Å². The number of amides is 1. The average Bonchev–Trinajstić information content (AvgIpc) is 4.13. The van der Waals surface area contributed by atoms with Crippen molar-refractivity contribution in [3.05, 3.63) is 48.1 Å². The Morgan fingerprint density at radius 2 is 1.66 bits per heavy atom. The van der Waals surface area contributed by atoms with Gasteiger partial charge in [0, 0.05) is 47.8 Å². The number of nitrogens with zero attached hydrogens (tertiary/aromatic N) is 2. The second kappa shape index (κ2) is 19.1. The lowest BCUT2D eigenvalue weighted by Crippen LogP contribution is -2.73. The van der Waals surface area contributed by atoms with Crippen LogP contribution in [0.4, 0.5) is 0 Å². The van der Waals surface area contributed by atoms with Crippen LogP contribution in [0.3, 0.4) is 0 Å². The Morgan fingerprint density at radius 1 is 0.930 bits per heavy atom. The van der Waals surface area contributed by atoms with Crippen LogP contribution < -0.4 is 11.1 Å². The summed E-state index contributed by atoms with van der Waals surface area (Å²) in [6.07, 6.45) is 4.01. The summed E-state index contributed by atoms with van der Waals surface area (Å²) in [6.45, 7) is 9.48. The summed E-state index contributed by atoms with van der Waals surface area (Å²) in [5, 5.41) is 105. The number of aromatic amines is 2. The fourth-order valence-corrected chi connectivity index (χ4v) is 17.2. The Morgan fingerprint density at radius 3 is 2.30 bits per heavy atom. The Labute approximate surface area is 415 Å². The summed E-state index contributed by atoms with van der Waals surface area (Å²) in [5.74, 6) is -4.95. The summed E-state index contributed by atoms with van der Waals surface area (Å²) in [6, 6.07) is -0.613. The molecule has 71 heavy (non-hydrogen) atoms. The molecule has 7 aliphatic rings. The van der Waals surface area contributed by atoms with Gasteiger partial charge in [-0.3, -0.25) is 9.59 Å². The van der Waals surface area contributed by atoms with Crippen LogP contribution in [0.25, 0.3) is 0 Å². The standard InChI is InChI=1S/C52H80N6O13/c1-47(22-60)12-13-52(46(68)69)16-26(14-27-18-54-24-56-27)51(5)31(33(52)17-47)7-8-37-49(51,3)11-10-36-48(2,23-61)43(71-45-42(66)41(65)35(62)21-70-45)40(64)32(50(36,37)4)15-29-30(20-59)44(67)58-39(29)28(6-9-38(53)63)34-19-55-25-57-34/h7,18-19,24-26,28-30,32-33,35-43,45,59-66H,6,8-17,20-23,53H2,1-5H3,(H,54,56)(H,55,57)(H,58,67)(H,68,69). The lowest BCUT2D eigenvalue weighted by Gasteiger charge is -2.74. The van der Waals surface area contributed by atoms with Gasteiger partial charge in [0.15, 0.2) is 6.29 Å². The number of imidazole rings is 2. The molecular weight excluding hydrogens is 917 g/mol. The molecule has 6 fully saturated rings. The number of allylic oxidation sites excluding steroid dienone is 2. The number of carbonyl (C=O) groups is 2. The first-order valence-electron chi connectivity index (χ1n) is 26.0. The number of hydrogen-bond acceptors (Lipinski definition) is 15. The van der Waals surface area contributed by atoms with Gasteiger partial charge in [-0.05, 0) is 128 Å². The monoisotopic (exact) mass is 997 g/mol. The summed E-state index contributed by atoms with van der Waals surface area (Å²) in [7, 11) is 0. The number of carboxylic acid groups (broad SMARTS) is 1. The number of H-pyrrole nitrogens is 2. The molecule has 396 valence electrons. The largest absolute Gasteiger partial charge is 0.481 e. The number of nitrogens with one attached hydrogen (secondary N) is 3. The molecule has 5 aliphatic carbocycles. The van der Waals surface area contributed by atoms with Crippen molar-refractivity contribution in [2.75, 3.05) is 26.4 Å². The molecule has 22 atom stereocenters. The molecular formula is C52H80N6O13. The molecule has 0 aromatic carbocycles. The van der Waals surface area contributed by atoms with Crippen LogP contribution in [0.15, 0.2) is 36.7 Å². The molecule has 1 amide bonds. The molecule has 22 unspecified atom stereocenters. The van der Waals surface area contributed by atoms with Crippen molar-refractivity contribution in [1.82, 2.24) is 25.3 Å². The smallest absolute Gasteiger partial charge is 0.310 e. The SMILES string of the molecule is CC1(CO)CCC2(C(=O)O)CC(Cc3cnc[nH]3)C3(C)C(=CCC4C5(C)C(CC6C(CO)C(=O)NC6C(CCC(N)O)c6cnc[nH]6)C(O)C(OC6OCC(O)C(O)C6O)C(C)(CO)C5CCC43C)C2C1. The zero-order valence-corrected chi connectivity index (χ0v) is 41.9. The van der Waals surface area contributed by atoms with E-state index in [0.29, 0.717) is 63.5 Å². The first-order chi connectivity index (χ1) is 33.6. The summed E-state index contributed by atoms with van der Waals surface area (Å²) in [4.78, 5) is 43.2. The normalized spacial score (nSPS) is 47.2.